The average Bonchev–Trinajstić information content (AvgIpc) is 2.54. The molecule has 0 bridgehead atoms. The average molecular weight is 343 g/mol. The van der Waals surface area contributed by atoms with Crippen molar-refractivity contribution >= 4 is 23.2 Å². The van der Waals surface area contributed by atoms with Crippen LogP contribution in [0.5, 0.6) is 0 Å². The van der Waals surface area contributed by atoms with E-state index in [1.807, 2.05) is 6.92 Å². The fraction of sp³-hybridized carbons (Fsp3) is 0.294. The molecule has 1 N–H and O–H groups in total. The van der Waals surface area contributed by atoms with E-state index in [1.165, 1.54) is 30.8 Å². The Balaban J connectivity index is 2.61. The van der Waals surface area contributed by atoms with Gasteiger partial charge in [-0.1, -0.05) is 19.1 Å². The SMILES string of the molecule is CCSC1=C(C#N)[C@H](c2ccc([N+](=O)[O-])cc2)C(C(C)=O)=C(C)N1. The molecule has 0 amide bonds. The van der Waals surface area contributed by atoms with E-state index in [0.717, 1.165) is 10.8 Å². The zero-order valence-electron chi connectivity index (χ0n) is 13.6. The zero-order valence-corrected chi connectivity index (χ0v) is 14.4. The number of nitro groups is 1. The van der Waals surface area contributed by atoms with Gasteiger partial charge >= 0.3 is 0 Å². The molecule has 2 rings (SSSR count). The Morgan fingerprint density at radius 3 is 2.50 bits per heavy atom. The minimum atomic E-state index is -0.511. The third-order valence-corrected chi connectivity index (χ3v) is 4.65. The molecule has 1 heterocycles. The van der Waals surface area contributed by atoms with Gasteiger partial charge in [0.25, 0.3) is 5.69 Å². The van der Waals surface area contributed by atoms with Gasteiger partial charge in [-0.2, -0.15) is 5.26 Å². The highest BCUT2D eigenvalue weighted by Crippen LogP contribution is 2.41. The van der Waals surface area contributed by atoms with Crippen LogP contribution in [0.1, 0.15) is 32.3 Å². The molecule has 0 aromatic heterocycles. The number of allylic oxidation sites excluding steroid dienone is 3. The van der Waals surface area contributed by atoms with Crippen LogP contribution in [0, 0.1) is 21.4 Å². The third kappa shape index (κ3) is 3.34. The van der Waals surface area contributed by atoms with Crippen molar-refractivity contribution in [2.45, 2.75) is 26.7 Å². The quantitative estimate of drug-likeness (QED) is 0.648. The molecule has 0 spiro atoms. The molecule has 0 saturated heterocycles. The molecular weight excluding hydrogens is 326 g/mol. The molecule has 1 aromatic rings. The number of nitrogens with one attached hydrogen (secondary N) is 1. The molecule has 0 radical (unpaired) electrons. The molecule has 0 aliphatic carbocycles. The maximum atomic E-state index is 12.1. The maximum Gasteiger partial charge on any atom is 0.269 e. The summed E-state index contributed by atoms with van der Waals surface area (Å²) in [7, 11) is 0. The summed E-state index contributed by atoms with van der Waals surface area (Å²) in [5.74, 6) is 0.142. The van der Waals surface area contributed by atoms with Gasteiger partial charge < -0.3 is 5.32 Å². The number of benzene rings is 1. The minimum absolute atomic E-state index is 0.0246. The third-order valence-electron chi connectivity index (χ3n) is 3.75. The van der Waals surface area contributed by atoms with Crippen molar-refractivity contribution in [3.05, 3.63) is 61.8 Å². The number of hydrogen-bond donors (Lipinski definition) is 1. The second-order valence-corrected chi connectivity index (χ2v) is 6.56. The fourth-order valence-corrected chi connectivity index (χ4v) is 3.59. The molecule has 124 valence electrons. The smallest absolute Gasteiger partial charge is 0.269 e. The van der Waals surface area contributed by atoms with Gasteiger partial charge in [0.2, 0.25) is 0 Å². The lowest BCUT2D eigenvalue weighted by atomic mass is 9.81. The van der Waals surface area contributed by atoms with E-state index in [9.17, 15) is 20.2 Å². The van der Waals surface area contributed by atoms with Crippen molar-refractivity contribution < 1.29 is 9.72 Å². The van der Waals surface area contributed by atoms with Gasteiger partial charge in [0, 0.05) is 23.4 Å². The van der Waals surface area contributed by atoms with Crippen molar-refractivity contribution in [1.82, 2.24) is 5.32 Å². The van der Waals surface area contributed by atoms with Gasteiger partial charge in [-0.05, 0) is 25.2 Å². The summed E-state index contributed by atoms with van der Waals surface area (Å²) in [6.45, 7) is 5.25. The number of thioether (sulfide) groups is 1. The monoisotopic (exact) mass is 343 g/mol. The first-order chi connectivity index (χ1) is 11.4. The van der Waals surface area contributed by atoms with E-state index in [2.05, 4.69) is 11.4 Å². The van der Waals surface area contributed by atoms with Gasteiger partial charge in [-0.15, -0.1) is 11.8 Å². The Labute approximate surface area is 144 Å². The first kappa shape index (κ1) is 17.8. The summed E-state index contributed by atoms with van der Waals surface area (Å²) in [6, 6.07) is 8.21. The molecule has 0 fully saturated rings. The highest BCUT2D eigenvalue weighted by molar-refractivity contribution is 8.03. The lowest BCUT2D eigenvalue weighted by Gasteiger charge is -2.29. The van der Waals surface area contributed by atoms with Crippen LogP contribution >= 0.6 is 11.8 Å². The predicted octanol–water partition coefficient (Wildman–Crippen LogP) is 3.63. The number of nitrogens with zero attached hydrogens (tertiary/aromatic N) is 2. The lowest BCUT2D eigenvalue weighted by Crippen LogP contribution is -2.27. The number of carbonyl (C=O) groups is 1. The molecule has 7 heteroatoms. The van der Waals surface area contributed by atoms with Crippen LogP contribution in [0.3, 0.4) is 0 Å². The molecule has 0 unspecified atom stereocenters. The summed E-state index contributed by atoms with van der Waals surface area (Å²) < 4.78 is 0. The summed E-state index contributed by atoms with van der Waals surface area (Å²) in [5, 5.41) is 24.4. The fourth-order valence-electron chi connectivity index (χ4n) is 2.76. The number of nitriles is 1. The van der Waals surface area contributed by atoms with Gasteiger partial charge in [0.05, 0.1) is 27.5 Å². The number of dihydropyridines is 1. The van der Waals surface area contributed by atoms with Crippen molar-refractivity contribution in [3.63, 3.8) is 0 Å². The summed E-state index contributed by atoms with van der Waals surface area (Å²) in [5.41, 5.74) is 2.36. The molecule has 0 saturated carbocycles. The normalized spacial score (nSPS) is 17.3. The maximum absolute atomic E-state index is 12.1. The molecule has 1 aromatic carbocycles. The summed E-state index contributed by atoms with van der Waals surface area (Å²) in [4.78, 5) is 22.5. The van der Waals surface area contributed by atoms with Gasteiger partial charge in [-0.3, -0.25) is 14.9 Å². The van der Waals surface area contributed by atoms with Crippen LogP contribution < -0.4 is 5.32 Å². The Morgan fingerprint density at radius 1 is 1.42 bits per heavy atom. The second kappa shape index (κ2) is 7.32. The minimum Gasteiger partial charge on any atom is -0.353 e. The summed E-state index contributed by atoms with van der Waals surface area (Å²) >= 11 is 1.50. The first-order valence-electron chi connectivity index (χ1n) is 7.40. The van der Waals surface area contributed by atoms with E-state index in [0.29, 0.717) is 22.4 Å². The van der Waals surface area contributed by atoms with Crippen molar-refractivity contribution in [2.75, 3.05) is 5.75 Å². The van der Waals surface area contributed by atoms with Crippen LogP contribution in [0.25, 0.3) is 0 Å². The van der Waals surface area contributed by atoms with Crippen molar-refractivity contribution in [2.24, 2.45) is 0 Å². The largest absolute Gasteiger partial charge is 0.353 e. The molecule has 24 heavy (non-hydrogen) atoms. The van der Waals surface area contributed by atoms with Crippen molar-refractivity contribution in [1.29, 1.82) is 5.26 Å². The number of rotatable bonds is 5. The van der Waals surface area contributed by atoms with E-state index in [1.54, 1.807) is 19.1 Å². The highest BCUT2D eigenvalue weighted by atomic mass is 32.2. The van der Waals surface area contributed by atoms with Crippen LogP contribution in [0.4, 0.5) is 5.69 Å². The van der Waals surface area contributed by atoms with Gasteiger partial charge in [0.1, 0.15) is 0 Å². The Morgan fingerprint density at radius 2 is 2.04 bits per heavy atom. The molecular formula is C17H17N3O3S. The first-order valence-corrected chi connectivity index (χ1v) is 8.39. The van der Waals surface area contributed by atoms with E-state index >= 15 is 0 Å². The van der Waals surface area contributed by atoms with Crippen LogP contribution in [-0.2, 0) is 4.79 Å². The summed E-state index contributed by atoms with van der Waals surface area (Å²) in [6.07, 6.45) is 0. The molecule has 1 aliphatic rings. The van der Waals surface area contributed by atoms with Crippen LogP contribution in [-0.4, -0.2) is 16.5 Å². The zero-order chi connectivity index (χ0) is 17.9. The predicted molar refractivity (Wildman–Crippen MR) is 93.1 cm³/mol. The second-order valence-electron chi connectivity index (χ2n) is 5.29. The molecule has 1 aliphatic heterocycles. The number of hydrogen-bond acceptors (Lipinski definition) is 6. The Hall–Kier alpha value is -2.59. The van der Waals surface area contributed by atoms with E-state index in [4.69, 9.17) is 0 Å². The number of non-ortho nitro benzene ring substituents is 1. The van der Waals surface area contributed by atoms with Crippen molar-refractivity contribution in [3.8, 4) is 6.07 Å². The standard InChI is InChI=1S/C17H17N3O3S/c1-4-24-17-14(9-18)16(15(11(3)21)10(2)19-17)12-5-7-13(8-6-12)20(22)23/h5-8,16,19H,4H2,1-3H3/t16-/m0/s1. The van der Waals surface area contributed by atoms with Gasteiger partial charge in [-0.25, -0.2) is 0 Å². The van der Waals surface area contributed by atoms with Gasteiger partial charge in [0.15, 0.2) is 5.78 Å². The molecule has 1 atom stereocenters. The lowest BCUT2D eigenvalue weighted by molar-refractivity contribution is -0.384. The van der Waals surface area contributed by atoms with Crippen LogP contribution in [0.15, 0.2) is 46.1 Å². The number of carbonyl (C=O) groups excluding carboxylic acids is 1. The van der Waals surface area contributed by atoms with Crippen LogP contribution in [0.2, 0.25) is 0 Å². The highest BCUT2D eigenvalue weighted by Gasteiger charge is 2.33. The Bertz CT molecular complexity index is 788. The van der Waals surface area contributed by atoms with E-state index in [-0.39, 0.29) is 11.5 Å². The molecule has 6 nitrogen and oxygen atoms in total. The number of ketones is 1. The number of nitro benzene ring substituents is 1. The van der Waals surface area contributed by atoms with E-state index < -0.39 is 10.8 Å². The Kier molecular flexibility index (Phi) is 5.42. The number of Topliss-reactive ketones (excluding diaryl/α,β-unsaturated/α-hetero) is 1. The topological polar surface area (TPSA) is 96.0 Å².